The van der Waals surface area contributed by atoms with E-state index in [1.165, 1.54) is 72.4 Å². The highest BCUT2D eigenvalue weighted by atomic mass is 14.9. The van der Waals surface area contributed by atoms with Crippen LogP contribution in [0.3, 0.4) is 0 Å². The lowest BCUT2D eigenvalue weighted by Gasteiger charge is -2.42. The zero-order valence-electron chi connectivity index (χ0n) is 31.1. The molecule has 56 heavy (non-hydrogen) atoms. The minimum absolute atomic E-state index is 0.0998. The topological polar surface area (TPSA) is 0 Å². The van der Waals surface area contributed by atoms with Crippen molar-refractivity contribution in [3.05, 3.63) is 292 Å². The largest absolute Gasteiger partial charge is 0.0622 e. The van der Waals surface area contributed by atoms with Crippen LogP contribution in [0.4, 0.5) is 0 Å². The van der Waals surface area contributed by atoms with E-state index in [0.29, 0.717) is 0 Å². The first kappa shape index (κ1) is 32.7. The molecule has 3 aliphatic rings. The summed E-state index contributed by atoms with van der Waals surface area (Å²) in [7, 11) is 0. The molecule has 0 bridgehead atoms. The number of hydrogen-bond acceptors (Lipinski definition) is 0. The Morgan fingerprint density at radius 1 is 0.321 bits per heavy atom. The van der Waals surface area contributed by atoms with E-state index in [4.69, 9.17) is 0 Å². The van der Waals surface area contributed by atoms with Crippen LogP contribution in [0.25, 0.3) is 16.7 Å². The van der Waals surface area contributed by atoms with Crippen molar-refractivity contribution in [1.29, 1.82) is 0 Å². The van der Waals surface area contributed by atoms with Crippen LogP contribution in [0.1, 0.15) is 50.1 Å². The van der Waals surface area contributed by atoms with Gasteiger partial charge in [-0.25, -0.2) is 0 Å². The summed E-state index contributed by atoms with van der Waals surface area (Å²) in [6, 6.07) is 88.7. The Kier molecular flexibility index (Phi) is 7.38. The van der Waals surface area contributed by atoms with Gasteiger partial charge in [0.1, 0.15) is 0 Å². The highest BCUT2D eigenvalue weighted by Gasteiger charge is 2.93. The van der Waals surface area contributed by atoms with E-state index >= 15 is 0 Å². The van der Waals surface area contributed by atoms with Gasteiger partial charge in [-0.3, -0.25) is 0 Å². The molecular weight excluding hydrogens is 673 g/mol. The molecule has 8 aromatic carbocycles. The molecule has 4 atom stereocenters. The van der Waals surface area contributed by atoms with E-state index < -0.39 is 5.41 Å². The van der Waals surface area contributed by atoms with E-state index in [1.54, 1.807) is 0 Å². The summed E-state index contributed by atoms with van der Waals surface area (Å²) < 4.78 is 0. The molecule has 1 saturated carbocycles. The summed E-state index contributed by atoms with van der Waals surface area (Å²) in [4.78, 5) is 0. The summed E-state index contributed by atoms with van der Waals surface area (Å²) in [5.74, 6) is 0.0998. The number of hydrogen-bond donors (Lipinski definition) is 0. The van der Waals surface area contributed by atoms with Crippen molar-refractivity contribution in [2.75, 3.05) is 0 Å². The Balaban J connectivity index is 1.43. The Labute approximate surface area is 329 Å². The zero-order valence-corrected chi connectivity index (χ0v) is 31.1. The average Bonchev–Trinajstić information content (AvgIpc) is 3.77. The molecule has 0 N–H and O–H groups in total. The molecule has 0 unspecified atom stereocenters. The van der Waals surface area contributed by atoms with E-state index in [2.05, 4.69) is 237 Å². The van der Waals surface area contributed by atoms with Gasteiger partial charge < -0.3 is 0 Å². The van der Waals surface area contributed by atoms with Gasteiger partial charge in [0.15, 0.2) is 0 Å². The molecule has 0 heterocycles. The second-order valence-corrected chi connectivity index (χ2v) is 15.4. The highest BCUT2D eigenvalue weighted by molar-refractivity contribution is 6.14. The maximum atomic E-state index is 2.46. The van der Waals surface area contributed by atoms with Crippen LogP contribution >= 0.6 is 0 Å². The predicted octanol–water partition coefficient (Wildman–Crippen LogP) is 13.0. The summed E-state index contributed by atoms with van der Waals surface area (Å²) in [5, 5.41) is 0. The number of rotatable bonds is 8. The molecule has 0 spiro atoms. The van der Waals surface area contributed by atoms with Crippen molar-refractivity contribution in [1.82, 2.24) is 0 Å². The van der Waals surface area contributed by atoms with Gasteiger partial charge >= 0.3 is 0 Å². The molecule has 0 heteroatoms. The molecule has 8 aromatic rings. The summed E-state index contributed by atoms with van der Waals surface area (Å²) >= 11 is 0. The monoisotopic (exact) mass is 712 g/mol. The smallest absolute Gasteiger partial charge is 0.0578 e. The summed E-state index contributed by atoms with van der Waals surface area (Å²) in [6.45, 7) is 0. The van der Waals surface area contributed by atoms with Crippen molar-refractivity contribution in [3.63, 3.8) is 0 Å². The molecule has 264 valence electrons. The van der Waals surface area contributed by atoms with Crippen molar-refractivity contribution in [3.8, 4) is 0 Å². The molecule has 11 rings (SSSR count). The third kappa shape index (κ3) is 4.14. The normalized spacial score (nSPS) is 22.6. The third-order valence-electron chi connectivity index (χ3n) is 13.1. The standard InChI is InChI=1S/C56H40/c1-8-24-40(25-9-1)49(41-26-10-2-11-27-41)50(42-28-12-3-13-29-42)51-52(43-30-14-4-15-31-43)54(44-32-16-5-17-33-44)47-38-22-23-39-48(47)55(45-34-18-6-19-35-45)53(51)56(54,55)46-36-20-7-21-37-46/h1-39,53H/t53-,54-,55-,56+/m1/s1. The minimum atomic E-state index is -0.540. The first-order valence-electron chi connectivity index (χ1n) is 19.8. The van der Waals surface area contributed by atoms with Crippen LogP contribution in [0.15, 0.2) is 242 Å². The fourth-order valence-corrected chi connectivity index (χ4v) is 11.6. The van der Waals surface area contributed by atoms with Gasteiger partial charge in [-0.15, -0.1) is 0 Å². The lowest BCUT2D eigenvalue weighted by Crippen LogP contribution is -2.41. The molecule has 0 radical (unpaired) electrons. The molecule has 1 fully saturated rings. The predicted molar refractivity (Wildman–Crippen MR) is 231 cm³/mol. The summed E-state index contributed by atoms with van der Waals surface area (Å²) in [5.41, 5.74) is 15.9. The minimum Gasteiger partial charge on any atom is -0.0622 e. The lowest BCUT2D eigenvalue weighted by molar-refractivity contribution is 0.487. The number of fused-ring (bicyclic) bond motifs is 4. The van der Waals surface area contributed by atoms with Gasteiger partial charge in [-0.2, -0.15) is 0 Å². The van der Waals surface area contributed by atoms with Gasteiger partial charge in [0.05, 0.1) is 5.41 Å². The molecular formula is C56H40. The first-order valence-corrected chi connectivity index (χ1v) is 19.8. The van der Waals surface area contributed by atoms with Gasteiger partial charge in [-0.05, 0) is 72.4 Å². The molecule has 0 saturated heterocycles. The van der Waals surface area contributed by atoms with Gasteiger partial charge in [0, 0.05) is 16.7 Å². The number of benzene rings is 8. The highest BCUT2D eigenvalue weighted by Crippen LogP contribution is 2.93. The summed E-state index contributed by atoms with van der Waals surface area (Å²) in [6.07, 6.45) is 0. The Morgan fingerprint density at radius 2 is 0.696 bits per heavy atom. The van der Waals surface area contributed by atoms with Crippen molar-refractivity contribution in [2.45, 2.75) is 16.2 Å². The van der Waals surface area contributed by atoms with Crippen LogP contribution in [0, 0.1) is 5.92 Å². The van der Waals surface area contributed by atoms with Crippen LogP contribution in [0.5, 0.6) is 0 Å². The SMILES string of the molecule is c1ccc(C(=C(c2ccccc2)c2ccccc2)C2=C(c3ccccc3)[C@@]3(c4ccccc4)c4ccccc4[C@]4(c5ccccc5)[C@@H]2[C@@]34c2ccccc2)cc1. The average molecular weight is 713 g/mol. The van der Waals surface area contributed by atoms with Crippen molar-refractivity contribution >= 4 is 16.7 Å². The second kappa shape index (κ2) is 12.7. The second-order valence-electron chi connectivity index (χ2n) is 15.4. The third-order valence-corrected chi connectivity index (χ3v) is 13.1. The van der Waals surface area contributed by atoms with Gasteiger partial charge in [-0.1, -0.05) is 237 Å². The van der Waals surface area contributed by atoms with E-state index in [9.17, 15) is 0 Å². The quantitative estimate of drug-likeness (QED) is 0.138. The van der Waals surface area contributed by atoms with E-state index in [1.807, 2.05) is 0 Å². The maximum absolute atomic E-state index is 2.46. The molecule has 0 aliphatic heterocycles. The zero-order chi connectivity index (χ0) is 37.2. The molecule has 0 aromatic heterocycles. The van der Waals surface area contributed by atoms with Crippen LogP contribution < -0.4 is 0 Å². The molecule has 0 nitrogen and oxygen atoms in total. The number of allylic oxidation sites excluding steroid dienone is 3. The Morgan fingerprint density at radius 3 is 1.20 bits per heavy atom. The Hall–Kier alpha value is -6.76. The Bertz CT molecular complexity index is 2710. The van der Waals surface area contributed by atoms with Gasteiger partial charge in [0.2, 0.25) is 0 Å². The van der Waals surface area contributed by atoms with Crippen molar-refractivity contribution in [2.24, 2.45) is 5.92 Å². The van der Waals surface area contributed by atoms with Crippen LogP contribution in [-0.4, -0.2) is 0 Å². The first-order chi connectivity index (χ1) is 27.8. The fourth-order valence-electron chi connectivity index (χ4n) is 11.6. The van der Waals surface area contributed by atoms with E-state index in [-0.39, 0.29) is 16.7 Å². The van der Waals surface area contributed by atoms with Crippen molar-refractivity contribution < 1.29 is 0 Å². The van der Waals surface area contributed by atoms with Crippen LogP contribution in [0.2, 0.25) is 0 Å². The molecule has 0 amide bonds. The maximum Gasteiger partial charge on any atom is 0.0578 e. The fraction of sp³-hybridized carbons (Fsp3) is 0.0714. The van der Waals surface area contributed by atoms with Gasteiger partial charge in [0.25, 0.3) is 0 Å². The van der Waals surface area contributed by atoms with E-state index in [0.717, 1.165) is 0 Å². The van der Waals surface area contributed by atoms with Crippen LogP contribution in [-0.2, 0) is 16.2 Å². The lowest BCUT2D eigenvalue weighted by atomic mass is 9.59. The molecule has 3 aliphatic carbocycles.